The van der Waals surface area contributed by atoms with Crippen molar-refractivity contribution < 1.29 is 19.8 Å². The summed E-state index contributed by atoms with van der Waals surface area (Å²) in [6.45, 7) is 0. The standard InChI is InChI=1S/C7H6N2O4/c10-6(11)4-1-2-5(7(12)13)9-8-3-4/h1-3,9H,(H,10,11)(H,12,13). The third-order valence-corrected chi connectivity index (χ3v) is 1.30. The minimum atomic E-state index is -1.19. The molecule has 0 aromatic heterocycles. The first-order valence-corrected chi connectivity index (χ1v) is 3.29. The maximum absolute atomic E-state index is 10.4. The molecule has 0 radical (unpaired) electrons. The van der Waals surface area contributed by atoms with E-state index in [0.29, 0.717) is 0 Å². The highest BCUT2D eigenvalue weighted by Gasteiger charge is 2.09. The van der Waals surface area contributed by atoms with Crippen molar-refractivity contribution in [2.24, 2.45) is 5.10 Å². The SMILES string of the molecule is O=C(O)C1=CC=C(C(=O)O)NN=C1. The molecule has 0 spiro atoms. The molecule has 1 aliphatic heterocycles. The molecule has 0 amide bonds. The van der Waals surface area contributed by atoms with Gasteiger partial charge in [0, 0.05) is 0 Å². The third-order valence-electron chi connectivity index (χ3n) is 1.30. The highest BCUT2D eigenvalue weighted by molar-refractivity contribution is 6.09. The molecule has 0 saturated carbocycles. The van der Waals surface area contributed by atoms with E-state index in [9.17, 15) is 9.59 Å². The second-order valence-corrected chi connectivity index (χ2v) is 2.18. The maximum Gasteiger partial charge on any atom is 0.353 e. The molecule has 1 rings (SSSR count). The summed E-state index contributed by atoms with van der Waals surface area (Å²) in [6, 6.07) is 0. The molecule has 6 heteroatoms. The van der Waals surface area contributed by atoms with E-state index >= 15 is 0 Å². The number of allylic oxidation sites excluding steroid dienone is 2. The zero-order valence-corrected chi connectivity index (χ0v) is 6.39. The van der Waals surface area contributed by atoms with Gasteiger partial charge in [0.25, 0.3) is 0 Å². The Labute approximate surface area is 72.9 Å². The van der Waals surface area contributed by atoms with Crippen LogP contribution in [0.1, 0.15) is 0 Å². The van der Waals surface area contributed by atoms with E-state index < -0.39 is 11.9 Å². The predicted octanol–water partition coefficient (Wildman–Crippen LogP) is -0.445. The summed E-state index contributed by atoms with van der Waals surface area (Å²) in [5.74, 6) is -2.35. The van der Waals surface area contributed by atoms with Crippen LogP contribution in [-0.2, 0) is 9.59 Å². The van der Waals surface area contributed by atoms with Crippen LogP contribution in [0.4, 0.5) is 0 Å². The number of aliphatic carboxylic acids is 2. The van der Waals surface area contributed by atoms with E-state index in [4.69, 9.17) is 10.2 Å². The molecule has 13 heavy (non-hydrogen) atoms. The number of nitrogens with one attached hydrogen (secondary N) is 1. The molecule has 0 fully saturated rings. The Morgan fingerprint density at radius 3 is 2.46 bits per heavy atom. The van der Waals surface area contributed by atoms with E-state index in [1.807, 2.05) is 0 Å². The monoisotopic (exact) mass is 182 g/mol. The first-order valence-electron chi connectivity index (χ1n) is 3.29. The molecule has 0 aromatic carbocycles. The topological polar surface area (TPSA) is 99.0 Å². The minimum Gasteiger partial charge on any atom is -0.478 e. The molecule has 0 saturated heterocycles. The van der Waals surface area contributed by atoms with Crippen LogP contribution in [0.2, 0.25) is 0 Å². The van der Waals surface area contributed by atoms with Gasteiger partial charge in [-0.1, -0.05) is 0 Å². The summed E-state index contributed by atoms with van der Waals surface area (Å²) >= 11 is 0. The van der Waals surface area contributed by atoms with E-state index in [2.05, 4.69) is 10.5 Å². The molecule has 0 aromatic rings. The number of carbonyl (C=O) groups is 2. The van der Waals surface area contributed by atoms with Crippen molar-refractivity contribution in [3.63, 3.8) is 0 Å². The van der Waals surface area contributed by atoms with Gasteiger partial charge >= 0.3 is 11.9 Å². The normalized spacial score (nSPS) is 15.1. The van der Waals surface area contributed by atoms with Gasteiger partial charge < -0.3 is 10.2 Å². The Hall–Kier alpha value is -2.11. The van der Waals surface area contributed by atoms with E-state index in [1.165, 1.54) is 0 Å². The quantitative estimate of drug-likeness (QED) is 0.537. The Morgan fingerprint density at radius 1 is 1.23 bits per heavy atom. The lowest BCUT2D eigenvalue weighted by atomic mass is 10.2. The predicted molar refractivity (Wildman–Crippen MR) is 43.1 cm³/mol. The van der Waals surface area contributed by atoms with Crippen molar-refractivity contribution in [3.05, 3.63) is 23.4 Å². The summed E-state index contributed by atoms with van der Waals surface area (Å²) in [5, 5.41) is 20.4. The lowest BCUT2D eigenvalue weighted by Crippen LogP contribution is -2.13. The molecular weight excluding hydrogens is 176 g/mol. The van der Waals surface area contributed by atoms with Crippen LogP contribution in [0.3, 0.4) is 0 Å². The molecular formula is C7H6N2O4. The molecule has 68 valence electrons. The van der Waals surface area contributed by atoms with Crippen LogP contribution in [0.15, 0.2) is 28.5 Å². The van der Waals surface area contributed by atoms with Crippen molar-refractivity contribution in [2.45, 2.75) is 0 Å². The van der Waals surface area contributed by atoms with Crippen LogP contribution >= 0.6 is 0 Å². The van der Waals surface area contributed by atoms with Gasteiger partial charge in [0.15, 0.2) is 0 Å². The number of hydrogen-bond acceptors (Lipinski definition) is 4. The minimum absolute atomic E-state index is 0.0799. The van der Waals surface area contributed by atoms with Gasteiger partial charge in [-0.05, 0) is 12.2 Å². The Balaban J connectivity index is 2.95. The first-order chi connectivity index (χ1) is 6.11. The van der Waals surface area contributed by atoms with Gasteiger partial charge in [-0.2, -0.15) is 5.10 Å². The van der Waals surface area contributed by atoms with Crippen LogP contribution in [0.5, 0.6) is 0 Å². The van der Waals surface area contributed by atoms with Gasteiger partial charge in [-0.25, -0.2) is 9.59 Å². The van der Waals surface area contributed by atoms with E-state index in [-0.39, 0.29) is 11.3 Å². The number of rotatable bonds is 2. The van der Waals surface area contributed by atoms with E-state index in [1.54, 1.807) is 0 Å². The van der Waals surface area contributed by atoms with Crippen LogP contribution in [0, 0.1) is 0 Å². The summed E-state index contributed by atoms with van der Waals surface area (Å²) in [5.41, 5.74) is 1.93. The number of carboxylic acids is 2. The van der Waals surface area contributed by atoms with Crippen molar-refractivity contribution in [2.75, 3.05) is 0 Å². The molecule has 0 bridgehead atoms. The number of hydrazone groups is 1. The second kappa shape index (κ2) is 3.53. The van der Waals surface area contributed by atoms with Gasteiger partial charge in [-0.3, -0.25) is 5.43 Å². The van der Waals surface area contributed by atoms with Crippen molar-refractivity contribution in [3.8, 4) is 0 Å². The van der Waals surface area contributed by atoms with Gasteiger partial charge in [0.2, 0.25) is 0 Å². The number of nitrogens with zero attached hydrogens (tertiary/aromatic N) is 1. The maximum atomic E-state index is 10.4. The van der Waals surface area contributed by atoms with Crippen molar-refractivity contribution >= 4 is 18.2 Å². The third kappa shape index (κ3) is 2.16. The fraction of sp³-hybridized carbons (Fsp3) is 0. The average Bonchev–Trinajstić information content (AvgIpc) is 2.27. The number of carboxylic acid groups (broad SMARTS) is 2. The fourth-order valence-electron chi connectivity index (χ4n) is 0.670. The summed E-state index contributed by atoms with van der Waals surface area (Å²) in [7, 11) is 0. The zero-order chi connectivity index (χ0) is 9.84. The fourth-order valence-corrected chi connectivity index (χ4v) is 0.670. The van der Waals surface area contributed by atoms with E-state index in [0.717, 1.165) is 18.4 Å². The average molecular weight is 182 g/mol. The molecule has 3 N–H and O–H groups in total. The Kier molecular flexibility index (Phi) is 2.44. The summed E-state index contributed by atoms with van der Waals surface area (Å²) in [6.07, 6.45) is 3.34. The van der Waals surface area contributed by atoms with Crippen LogP contribution in [-0.4, -0.2) is 28.4 Å². The Bertz CT molecular complexity index is 340. The molecule has 0 aliphatic carbocycles. The molecule has 6 nitrogen and oxygen atoms in total. The smallest absolute Gasteiger partial charge is 0.353 e. The van der Waals surface area contributed by atoms with Gasteiger partial charge in [0.1, 0.15) is 5.70 Å². The molecule has 0 atom stereocenters. The Morgan fingerprint density at radius 2 is 1.92 bits per heavy atom. The van der Waals surface area contributed by atoms with Gasteiger partial charge in [-0.15, -0.1) is 0 Å². The largest absolute Gasteiger partial charge is 0.478 e. The van der Waals surface area contributed by atoms with Crippen LogP contribution < -0.4 is 5.43 Å². The van der Waals surface area contributed by atoms with Crippen LogP contribution in [0.25, 0.3) is 0 Å². The molecule has 1 heterocycles. The number of hydrogen-bond donors (Lipinski definition) is 3. The first kappa shape index (κ1) is 8.98. The van der Waals surface area contributed by atoms with Crippen molar-refractivity contribution in [1.29, 1.82) is 0 Å². The van der Waals surface area contributed by atoms with Gasteiger partial charge in [0.05, 0.1) is 11.8 Å². The van der Waals surface area contributed by atoms with Crippen molar-refractivity contribution in [1.82, 2.24) is 5.43 Å². The molecule has 1 aliphatic rings. The summed E-state index contributed by atoms with van der Waals surface area (Å²) < 4.78 is 0. The highest BCUT2D eigenvalue weighted by atomic mass is 16.4. The molecule has 0 unspecified atom stereocenters. The zero-order valence-electron chi connectivity index (χ0n) is 6.39. The lowest BCUT2D eigenvalue weighted by Gasteiger charge is -1.95. The second-order valence-electron chi connectivity index (χ2n) is 2.18. The highest BCUT2D eigenvalue weighted by Crippen LogP contribution is 1.99. The lowest BCUT2D eigenvalue weighted by molar-refractivity contribution is -0.133. The summed E-state index contributed by atoms with van der Waals surface area (Å²) in [4.78, 5) is 20.8.